The van der Waals surface area contributed by atoms with Gasteiger partial charge in [0.15, 0.2) is 0 Å². The topological polar surface area (TPSA) is 42.0 Å². The standard InChI is InChI=1S/C27H21F3N2OS/c1-34-25-11-9-20(10-12-25)19-7-5-18(6-8-19)15-32-26(33)23-13-22(16-31-17-23)21-3-2-4-24(14-21)27(28,29)30/h2-14,16-17H,15H2,1H3,(H,32,33). The highest BCUT2D eigenvalue weighted by Crippen LogP contribution is 2.32. The average molecular weight is 479 g/mol. The molecule has 0 unspecified atom stereocenters. The van der Waals surface area contributed by atoms with Crippen molar-refractivity contribution in [1.29, 1.82) is 0 Å². The van der Waals surface area contributed by atoms with Gasteiger partial charge in [0.25, 0.3) is 5.91 Å². The summed E-state index contributed by atoms with van der Waals surface area (Å²) in [6, 6.07) is 22.7. The Morgan fingerprint density at radius 1 is 0.853 bits per heavy atom. The first kappa shape index (κ1) is 23.6. The molecule has 1 aromatic heterocycles. The van der Waals surface area contributed by atoms with E-state index in [-0.39, 0.29) is 11.5 Å². The smallest absolute Gasteiger partial charge is 0.348 e. The number of amides is 1. The molecule has 3 nitrogen and oxygen atoms in total. The SMILES string of the molecule is CSc1ccc(-c2ccc(CNC(=O)c3cncc(-c4cccc(C(F)(F)F)c4)c3)cc2)cc1. The molecule has 7 heteroatoms. The van der Waals surface area contributed by atoms with E-state index in [1.54, 1.807) is 23.9 Å². The summed E-state index contributed by atoms with van der Waals surface area (Å²) in [5.41, 5.74) is 3.45. The second kappa shape index (κ2) is 10.1. The largest absolute Gasteiger partial charge is 0.416 e. The van der Waals surface area contributed by atoms with Crippen LogP contribution in [0.1, 0.15) is 21.5 Å². The summed E-state index contributed by atoms with van der Waals surface area (Å²) >= 11 is 1.69. The number of aromatic nitrogens is 1. The molecule has 172 valence electrons. The lowest BCUT2D eigenvalue weighted by molar-refractivity contribution is -0.137. The number of nitrogens with one attached hydrogen (secondary N) is 1. The fraction of sp³-hybridized carbons (Fsp3) is 0.111. The number of hydrogen-bond acceptors (Lipinski definition) is 3. The first-order valence-corrected chi connectivity index (χ1v) is 11.7. The third-order valence-electron chi connectivity index (χ3n) is 5.35. The van der Waals surface area contributed by atoms with E-state index in [1.807, 2.05) is 30.5 Å². The van der Waals surface area contributed by atoms with Gasteiger partial charge in [0.1, 0.15) is 0 Å². The van der Waals surface area contributed by atoms with Crippen LogP contribution in [-0.2, 0) is 12.7 Å². The van der Waals surface area contributed by atoms with Crippen LogP contribution >= 0.6 is 11.8 Å². The zero-order valence-electron chi connectivity index (χ0n) is 18.3. The van der Waals surface area contributed by atoms with Crippen molar-refractivity contribution in [1.82, 2.24) is 10.3 Å². The van der Waals surface area contributed by atoms with Crippen LogP contribution in [-0.4, -0.2) is 17.1 Å². The molecule has 0 spiro atoms. The van der Waals surface area contributed by atoms with Crippen LogP contribution in [0.5, 0.6) is 0 Å². The molecule has 0 fully saturated rings. The molecule has 34 heavy (non-hydrogen) atoms. The molecule has 1 N–H and O–H groups in total. The number of pyridine rings is 1. The number of carbonyl (C=O) groups is 1. The summed E-state index contributed by atoms with van der Waals surface area (Å²) < 4.78 is 39.1. The van der Waals surface area contributed by atoms with Crippen LogP contribution in [0.15, 0.2) is 96.2 Å². The highest BCUT2D eigenvalue weighted by atomic mass is 32.2. The van der Waals surface area contributed by atoms with Crippen LogP contribution in [0.2, 0.25) is 0 Å². The molecule has 0 aliphatic rings. The third-order valence-corrected chi connectivity index (χ3v) is 6.10. The summed E-state index contributed by atoms with van der Waals surface area (Å²) in [7, 11) is 0. The van der Waals surface area contributed by atoms with Gasteiger partial charge in [0.05, 0.1) is 11.1 Å². The van der Waals surface area contributed by atoms with Crippen LogP contribution in [0, 0.1) is 0 Å². The quantitative estimate of drug-likeness (QED) is 0.301. The van der Waals surface area contributed by atoms with Crippen molar-refractivity contribution >= 4 is 17.7 Å². The molecular formula is C27H21F3N2OS. The third kappa shape index (κ3) is 5.66. The lowest BCUT2D eigenvalue weighted by atomic mass is 10.0. The molecule has 4 rings (SSSR count). The Bertz CT molecular complexity index is 1290. The van der Waals surface area contributed by atoms with Gasteiger partial charge in [0, 0.05) is 29.4 Å². The van der Waals surface area contributed by atoms with Gasteiger partial charge in [-0.3, -0.25) is 9.78 Å². The van der Waals surface area contributed by atoms with Crippen LogP contribution in [0.3, 0.4) is 0 Å². The van der Waals surface area contributed by atoms with E-state index in [0.29, 0.717) is 17.7 Å². The predicted octanol–water partition coefficient (Wildman–Crippen LogP) is 7.09. The molecule has 0 aliphatic carbocycles. The van der Waals surface area contributed by atoms with Crippen molar-refractivity contribution in [2.45, 2.75) is 17.6 Å². The Balaban J connectivity index is 1.42. The van der Waals surface area contributed by atoms with Gasteiger partial charge in [-0.25, -0.2) is 0 Å². The number of hydrogen-bond donors (Lipinski definition) is 1. The number of thioether (sulfide) groups is 1. The lowest BCUT2D eigenvalue weighted by Crippen LogP contribution is -2.22. The number of rotatable bonds is 6. The van der Waals surface area contributed by atoms with E-state index in [4.69, 9.17) is 0 Å². The van der Waals surface area contributed by atoms with Crippen LogP contribution in [0.4, 0.5) is 13.2 Å². The van der Waals surface area contributed by atoms with E-state index in [0.717, 1.165) is 28.8 Å². The molecule has 0 aliphatic heterocycles. The van der Waals surface area contributed by atoms with Gasteiger partial charge in [0.2, 0.25) is 0 Å². The highest BCUT2D eigenvalue weighted by Gasteiger charge is 2.30. The van der Waals surface area contributed by atoms with Gasteiger partial charge in [-0.05, 0) is 58.8 Å². The van der Waals surface area contributed by atoms with E-state index in [2.05, 4.69) is 34.6 Å². The maximum atomic E-state index is 13.0. The summed E-state index contributed by atoms with van der Waals surface area (Å²) in [5, 5.41) is 2.84. The zero-order chi connectivity index (χ0) is 24.1. The van der Waals surface area contributed by atoms with E-state index in [1.165, 1.54) is 23.4 Å². The molecule has 1 heterocycles. The van der Waals surface area contributed by atoms with Crippen molar-refractivity contribution in [2.24, 2.45) is 0 Å². The Labute approximate surface area is 200 Å². The maximum absolute atomic E-state index is 13.0. The number of benzene rings is 3. The lowest BCUT2D eigenvalue weighted by Gasteiger charge is -2.10. The fourth-order valence-electron chi connectivity index (χ4n) is 3.48. The molecule has 0 bridgehead atoms. The Kier molecular flexibility index (Phi) is 7.03. The normalized spacial score (nSPS) is 11.3. The van der Waals surface area contributed by atoms with Crippen molar-refractivity contribution in [3.05, 3.63) is 108 Å². The first-order chi connectivity index (χ1) is 16.3. The van der Waals surface area contributed by atoms with Crippen molar-refractivity contribution < 1.29 is 18.0 Å². The predicted molar refractivity (Wildman–Crippen MR) is 130 cm³/mol. The fourth-order valence-corrected chi connectivity index (χ4v) is 3.89. The second-order valence-corrected chi connectivity index (χ2v) is 8.53. The monoisotopic (exact) mass is 478 g/mol. The number of nitrogens with zero attached hydrogens (tertiary/aromatic N) is 1. The number of carbonyl (C=O) groups excluding carboxylic acids is 1. The maximum Gasteiger partial charge on any atom is 0.416 e. The molecule has 4 aromatic rings. The molecule has 0 saturated carbocycles. The summed E-state index contributed by atoms with van der Waals surface area (Å²) in [6.07, 6.45) is 0.437. The Morgan fingerprint density at radius 3 is 2.18 bits per heavy atom. The van der Waals surface area contributed by atoms with Crippen molar-refractivity contribution in [3.8, 4) is 22.3 Å². The minimum atomic E-state index is -4.44. The van der Waals surface area contributed by atoms with Crippen molar-refractivity contribution in [3.63, 3.8) is 0 Å². The Hall–Kier alpha value is -3.58. The summed E-state index contributed by atoms with van der Waals surface area (Å²) in [4.78, 5) is 17.9. The van der Waals surface area contributed by atoms with Gasteiger partial charge < -0.3 is 5.32 Å². The van der Waals surface area contributed by atoms with E-state index in [9.17, 15) is 18.0 Å². The van der Waals surface area contributed by atoms with Crippen LogP contribution < -0.4 is 5.32 Å². The number of halogens is 3. The number of alkyl halides is 3. The molecule has 0 atom stereocenters. The molecular weight excluding hydrogens is 457 g/mol. The zero-order valence-corrected chi connectivity index (χ0v) is 19.1. The Morgan fingerprint density at radius 2 is 1.53 bits per heavy atom. The molecule has 0 saturated heterocycles. The molecule has 3 aromatic carbocycles. The van der Waals surface area contributed by atoms with E-state index >= 15 is 0 Å². The minimum absolute atomic E-state index is 0.278. The van der Waals surface area contributed by atoms with Gasteiger partial charge in [-0.1, -0.05) is 48.5 Å². The second-order valence-electron chi connectivity index (χ2n) is 7.65. The van der Waals surface area contributed by atoms with Gasteiger partial charge in [-0.15, -0.1) is 11.8 Å². The van der Waals surface area contributed by atoms with Gasteiger partial charge in [-0.2, -0.15) is 13.2 Å². The van der Waals surface area contributed by atoms with Gasteiger partial charge >= 0.3 is 6.18 Å². The van der Waals surface area contributed by atoms with Crippen molar-refractivity contribution in [2.75, 3.05) is 6.26 Å². The average Bonchev–Trinajstić information content (AvgIpc) is 2.87. The summed E-state index contributed by atoms with van der Waals surface area (Å²) in [5.74, 6) is -0.349. The summed E-state index contributed by atoms with van der Waals surface area (Å²) in [6.45, 7) is 0.318. The molecule has 0 radical (unpaired) electrons. The first-order valence-electron chi connectivity index (χ1n) is 10.5. The molecule has 1 amide bonds. The highest BCUT2D eigenvalue weighted by molar-refractivity contribution is 7.98. The van der Waals surface area contributed by atoms with Crippen LogP contribution in [0.25, 0.3) is 22.3 Å². The van der Waals surface area contributed by atoms with E-state index < -0.39 is 11.7 Å². The minimum Gasteiger partial charge on any atom is -0.348 e.